The van der Waals surface area contributed by atoms with Crippen molar-refractivity contribution in [2.45, 2.75) is 79.1 Å². The van der Waals surface area contributed by atoms with E-state index >= 15 is 0 Å². The Hall–Kier alpha value is -5.46. The highest BCUT2D eigenvalue weighted by Gasteiger charge is 2.23. The Balaban J connectivity index is 1.47. The number of hydrogen-bond acceptors (Lipinski definition) is 0. The molecule has 0 aliphatic rings. The average molecular weight is 699 g/mol. The van der Waals surface area contributed by atoms with Crippen LogP contribution in [0.25, 0.3) is 87.2 Å². The van der Waals surface area contributed by atoms with E-state index in [0.717, 1.165) is 51.4 Å². The van der Waals surface area contributed by atoms with Crippen LogP contribution in [0.5, 0.6) is 0 Å². The SMILES string of the molecule is CCCc1ccc2c(-c3cc(CCC)c4ccc5c(-c6ccccc6)cc(CCC)c6ccc3c4c65)c3ccc(CCC)cc3c(-c3ccccc3)c2c1. The summed E-state index contributed by atoms with van der Waals surface area (Å²) in [7, 11) is 0. The molecule has 0 saturated carbocycles. The summed E-state index contributed by atoms with van der Waals surface area (Å²) >= 11 is 0. The molecule has 0 spiro atoms. The molecule has 266 valence electrons. The van der Waals surface area contributed by atoms with Crippen molar-refractivity contribution in [1.29, 1.82) is 0 Å². The van der Waals surface area contributed by atoms with E-state index in [1.54, 1.807) is 0 Å². The molecule has 0 aliphatic carbocycles. The lowest BCUT2D eigenvalue weighted by Gasteiger charge is -2.23. The second kappa shape index (κ2) is 14.4. The van der Waals surface area contributed by atoms with Crippen LogP contribution in [0.3, 0.4) is 0 Å². The zero-order chi connectivity index (χ0) is 36.8. The van der Waals surface area contributed by atoms with Gasteiger partial charge in [0.1, 0.15) is 0 Å². The van der Waals surface area contributed by atoms with Gasteiger partial charge in [0, 0.05) is 0 Å². The summed E-state index contributed by atoms with van der Waals surface area (Å²) < 4.78 is 0. The van der Waals surface area contributed by atoms with Gasteiger partial charge in [0.2, 0.25) is 0 Å². The van der Waals surface area contributed by atoms with Crippen LogP contribution >= 0.6 is 0 Å². The molecule has 0 amide bonds. The molecule has 0 radical (unpaired) electrons. The number of hydrogen-bond donors (Lipinski definition) is 0. The Bertz CT molecular complexity index is 2720. The molecule has 54 heavy (non-hydrogen) atoms. The first-order chi connectivity index (χ1) is 26.6. The third kappa shape index (κ3) is 5.66. The summed E-state index contributed by atoms with van der Waals surface area (Å²) in [4.78, 5) is 0. The summed E-state index contributed by atoms with van der Waals surface area (Å²) in [6, 6.07) is 51.8. The second-order valence-electron chi connectivity index (χ2n) is 15.5. The van der Waals surface area contributed by atoms with Gasteiger partial charge in [0.25, 0.3) is 0 Å². The molecule has 0 atom stereocenters. The highest BCUT2D eigenvalue weighted by atomic mass is 14.3. The minimum Gasteiger partial charge on any atom is -0.0651 e. The van der Waals surface area contributed by atoms with Gasteiger partial charge >= 0.3 is 0 Å². The fraction of sp³-hybridized carbons (Fsp3) is 0.222. The molecule has 0 unspecified atom stereocenters. The van der Waals surface area contributed by atoms with Gasteiger partial charge in [-0.2, -0.15) is 0 Å². The summed E-state index contributed by atoms with van der Waals surface area (Å²) in [6.07, 6.45) is 8.77. The van der Waals surface area contributed by atoms with Crippen molar-refractivity contribution in [1.82, 2.24) is 0 Å². The van der Waals surface area contributed by atoms with Crippen molar-refractivity contribution in [3.63, 3.8) is 0 Å². The van der Waals surface area contributed by atoms with E-state index in [-0.39, 0.29) is 0 Å². The largest absolute Gasteiger partial charge is 0.0651 e. The van der Waals surface area contributed by atoms with Gasteiger partial charge in [0.05, 0.1) is 0 Å². The highest BCUT2D eigenvalue weighted by Crippen LogP contribution is 2.50. The molecule has 0 aromatic heterocycles. The zero-order valence-electron chi connectivity index (χ0n) is 32.4. The van der Waals surface area contributed by atoms with Crippen molar-refractivity contribution in [2.24, 2.45) is 0 Å². The maximum Gasteiger partial charge on any atom is -0.00175 e. The van der Waals surface area contributed by atoms with Crippen molar-refractivity contribution < 1.29 is 0 Å². The van der Waals surface area contributed by atoms with Crippen LogP contribution in [0, 0.1) is 0 Å². The summed E-state index contributed by atoms with van der Waals surface area (Å²) in [5, 5.41) is 13.8. The minimum absolute atomic E-state index is 1.05. The number of benzene rings is 9. The maximum absolute atomic E-state index is 2.58. The summed E-state index contributed by atoms with van der Waals surface area (Å²) in [6.45, 7) is 9.22. The predicted molar refractivity (Wildman–Crippen MR) is 237 cm³/mol. The number of rotatable bonds is 11. The fourth-order valence-corrected chi connectivity index (χ4v) is 9.57. The molecule has 9 aromatic carbocycles. The molecule has 0 saturated heterocycles. The van der Waals surface area contributed by atoms with Crippen LogP contribution in [-0.4, -0.2) is 0 Å². The van der Waals surface area contributed by atoms with Gasteiger partial charge in [-0.05, 0) is 147 Å². The monoisotopic (exact) mass is 698 g/mol. The summed E-state index contributed by atoms with van der Waals surface area (Å²) in [5.41, 5.74) is 13.8. The lowest BCUT2D eigenvalue weighted by Crippen LogP contribution is -1.98. The normalized spacial score (nSPS) is 11.9. The van der Waals surface area contributed by atoms with Crippen LogP contribution in [0.15, 0.2) is 133 Å². The van der Waals surface area contributed by atoms with Crippen LogP contribution in [0.1, 0.15) is 75.6 Å². The van der Waals surface area contributed by atoms with Crippen LogP contribution < -0.4 is 0 Å². The van der Waals surface area contributed by atoms with E-state index < -0.39 is 0 Å². The van der Waals surface area contributed by atoms with E-state index in [9.17, 15) is 0 Å². The van der Waals surface area contributed by atoms with Gasteiger partial charge in [0.15, 0.2) is 0 Å². The first-order valence-corrected chi connectivity index (χ1v) is 20.5. The van der Waals surface area contributed by atoms with Crippen LogP contribution in [0.2, 0.25) is 0 Å². The average Bonchev–Trinajstić information content (AvgIpc) is 3.21. The number of fused-ring (bicyclic) bond motifs is 2. The molecule has 0 fully saturated rings. The molecule has 0 N–H and O–H groups in total. The first kappa shape index (κ1) is 34.3. The quantitative estimate of drug-likeness (QED) is 0.0932. The molecule has 0 heterocycles. The Morgan fingerprint density at radius 3 is 1.24 bits per heavy atom. The predicted octanol–water partition coefficient (Wildman–Crippen LogP) is 15.7. The molecule has 9 aromatic rings. The molecule has 0 heteroatoms. The van der Waals surface area contributed by atoms with Crippen molar-refractivity contribution >= 4 is 53.9 Å². The lowest BCUT2D eigenvalue weighted by molar-refractivity contribution is 0.923. The van der Waals surface area contributed by atoms with Crippen molar-refractivity contribution in [3.8, 4) is 33.4 Å². The van der Waals surface area contributed by atoms with Crippen molar-refractivity contribution in [3.05, 3.63) is 156 Å². The summed E-state index contributed by atoms with van der Waals surface area (Å²) in [5.74, 6) is 0. The highest BCUT2D eigenvalue weighted by molar-refractivity contribution is 6.31. The standard InChI is InChI=1S/C54H50/c1-5-15-35-23-25-44-48(31-35)51(38-21-13-10-14-22-38)49-32-36(16-6-2)24-26-45(49)52(44)50-34-40(18-8-4)42-27-29-43-47(37-19-11-9-12-20-37)33-39(17-7-3)41-28-30-46(50)54(42)53(41)43/h9-14,19-34H,5-8,15-18H2,1-4H3. The topological polar surface area (TPSA) is 0 Å². The maximum atomic E-state index is 2.58. The van der Waals surface area contributed by atoms with Crippen LogP contribution in [-0.2, 0) is 25.7 Å². The van der Waals surface area contributed by atoms with E-state index in [1.807, 2.05) is 0 Å². The van der Waals surface area contributed by atoms with Gasteiger partial charge in [-0.15, -0.1) is 0 Å². The molecule has 9 rings (SSSR count). The van der Waals surface area contributed by atoms with E-state index in [4.69, 9.17) is 0 Å². The second-order valence-corrected chi connectivity index (χ2v) is 15.5. The lowest BCUT2D eigenvalue weighted by atomic mass is 9.80. The molecule has 0 bridgehead atoms. The molecular formula is C54H50. The zero-order valence-corrected chi connectivity index (χ0v) is 32.4. The van der Waals surface area contributed by atoms with Crippen LogP contribution in [0.4, 0.5) is 0 Å². The molecule has 0 aliphatic heterocycles. The van der Waals surface area contributed by atoms with E-state index in [1.165, 1.54) is 109 Å². The molecular weight excluding hydrogens is 649 g/mol. The van der Waals surface area contributed by atoms with E-state index in [2.05, 4.69) is 161 Å². The third-order valence-corrected chi connectivity index (χ3v) is 11.8. The Labute approximate surface area is 320 Å². The first-order valence-electron chi connectivity index (χ1n) is 20.5. The van der Waals surface area contributed by atoms with Gasteiger partial charge in [-0.25, -0.2) is 0 Å². The van der Waals surface area contributed by atoms with Gasteiger partial charge < -0.3 is 0 Å². The Kier molecular flexibility index (Phi) is 9.16. The third-order valence-electron chi connectivity index (χ3n) is 11.8. The van der Waals surface area contributed by atoms with Gasteiger partial charge in [-0.1, -0.05) is 175 Å². The fourth-order valence-electron chi connectivity index (χ4n) is 9.57. The number of aryl methyl sites for hydroxylation is 4. The van der Waals surface area contributed by atoms with Gasteiger partial charge in [-0.3, -0.25) is 0 Å². The Morgan fingerprint density at radius 2 is 0.741 bits per heavy atom. The Morgan fingerprint density at radius 1 is 0.315 bits per heavy atom. The van der Waals surface area contributed by atoms with Crippen molar-refractivity contribution in [2.75, 3.05) is 0 Å². The molecule has 0 nitrogen and oxygen atoms in total. The minimum atomic E-state index is 1.05. The smallest absolute Gasteiger partial charge is 0.00175 e. The van der Waals surface area contributed by atoms with E-state index in [0.29, 0.717) is 0 Å².